The van der Waals surface area contributed by atoms with Crippen LogP contribution in [0.4, 0.5) is 0 Å². The molecule has 1 aromatic rings. The maximum atomic E-state index is 12.5. The maximum Gasteiger partial charge on any atom is 0.254 e. The minimum Gasteiger partial charge on any atom is -0.333 e. The van der Waals surface area contributed by atoms with Crippen LogP contribution in [0.2, 0.25) is 0 Å². The molecule has 1 heterocycles. The van der Waals surface area contributed by atoms with E-state index in [4.69, 9.17) is 0 Å². The van der Waals surface area contributed by atoms with Gasteiger partial charge in [-0.3, -0.25) is 4.79 Å². The molecule has 0 aromatic heterocycles. The third-order valence-corrected chi connectivity index (χ3v) is 5.61. The Morgan fingerprint density at radius 1 is 1.26 bits per heavy atom. The van der Waals surface area contributed by atoms with E-state index < -0.39 is 10.0 Å². The smallest absolute Gasteiger partial charge is 0.254 e. The summed E-state index contributed by atoms with van der Waals surface area (Å²) < 4.78 is 26.8. The average Bonchev–Trinajstić information content (AvgIpc) is 3.30. The van der Waals surface area contributed by atoms with Crippen molar-refractivity contribution in [2.45, 2.75) is 36.7 Å². The van der Waals surface area contributed by atoms with E-state index in [0.29, 0.717) is 12.1 Å². The van der Waals surface area contributed by atoms with E-state index in [-0.39, 0.29) is 35.3 Å². The summed E-state index contributed by atoms with van der Waals surface area (Å²) in [6.07, 6.45) is 1.80. The zero-order valence-corrected chi connectivity index (χ0v) is 14.6. The summed E-state index contributed by atoms with van der Waals surface area (Å²) in [7, 11) is -3.46. The predicted octanol–water partition coefficient (Wildman–Crippen LogP) is 0.983. The van der Waals surface area contributed by atoms with Crippen molar-refractivity contribution in [3.63, 3.8) is 0 Å². The lowest BCUT2D eigenvalue weighted by molar-refractivity contribution is 0.0655. The van der Waals surface area contributed by atoms with Crippen molar-refractivity contribution in [2.75, 3.05) is 19.6 Å². The van der Waals surface area contributed by atoms with Gasteiger partial charge in [0.15, 0.2) is 0 Å². The molecule has 3 rings (SSSR count). The Morgan fingerprint density at radius 2 is 1.91 bits per heavy atom. The van der Waals surface area contributed by atoms with Crippen molar-refractivity contribution in [3.05, 3.63) is 29.8 Å². The van der Waals surface area contributed by atoms with E-state index in [2.05, 4.69) is 10.0 Å². The first-order valence-corrected chi connectivity index (χ1v) is 9.10. The van der Waals surface area contributed by atoms with Crippen molar-refractivity contribution in [3.8, 4) is 0 Å². The minimum absolute atomic E-state index is 0. The van der Waals surface area contributed by atoms with Crippen LogP contribution in [0, 0.1) is 0 Å². The topological polar surface area (TPSA) is 78.5 Å². The highest BCUT2D eigenvalue weighted by Gasteiger charge is 2.28. The molecule has 6 nitrogen and oxygen atoms in total. The highest BCUT2D eigenvalue weighted by molar-refractivity contribution is 7.89. The molecule has 1 aliphatic carbocycles. The predicted molar refractivity (Wildman–Crippen MR) is 90.4 cm³/mol. The van der Waals surface area contributed by atoms with E-state index in [0.717, 1.165) is 25.9 Å². The summed E-state index contributed by atoms with van der Waals surface area (Å²) in [5.74, 6) is -0.0481. The fourth-order valence-corrected chi connectivity index (χ4v) is 3.88. The van der Waals surface area contributed by atoms with E-state index >= 15 is 0 Å². The molecule has 1 atom stereocenters. The number of nitrogens with one attached hydrogen (secondary N) is 2. The van der Waals surface area contributed by atoms with Crippen LogP contribution in [-0.2, 0) is 10.0 Å². The Morgan fingerprint density at radius 3 is 2.48 bits per heavy atom. The summed E-state index contributed by atoms with van der Waals surface area (Å²) in [4.78, 5) is 14.5. The van der Waals surface area contributed by atoms with Crippen LogP contribution in [0.1, 0.15) is 30.1 Å². The first-order chi connectivity index (χ1) is 10.5. The van der Waals surface area contributed by atoms with Crippen molar-refractivity contribution in [1.29, 1.82) is 0 Å². The number of hydrogen-bond donors (Lipinski definition) is 2. The Bertz CT molecular complexity index is 659. The van der Waals surface area contributed by atoms with Crippen LogP contribution in [0.25, 0.3) is 0 Å². The Hall–Kier alpha value is -1.15. The maximum absolute atomic E-state index is 12.5. The molecule has 1 aliphatic heterocycles. The molecule has 0 spiro atoms. The normalized spacial score (nSPS) is 21.6. The van der Waals surface area contributed by atoms with Crippen LogP contribution in [0.15, 0.2) is 29.2 Å². The molecule has 1 aromatic carbocycles. The number of carbonyl (C=O) groups excluding carboxylic acids is 1. The molecule has 2 aliphatic rings. The Labute approximate surface area is 143 Å². The number of benzene rings is 1. The van der Waals surface area contributed by atoms with Crippen LogP contribution < -0.4 is 10.0 Å². The lowest BCUT2D eigenvalue weighted by Gasteiger charge is -2.34. The van der Waals surface area contributed by atoms with Crippen LogP contribution >= 0.6 is 12.4 Å². The second-order valence-electron chi connectivity index (χ2n) is 5.97. The molecule has 1 amide bonds. The van der Waals surface area contributed by atoms with Gasteiger partial charge in [-0.25, -0.2) is 13.1 Å². The quantitative estimate of drug-likeness (QED) is 0.840. The van der Waals surface area contributed by atoms with Gasteiger partial charge in [0.2, 0.25) is 10.0 Å². The van der Waals surface area contributed by atoms with Gasteiger partial charge in [0, 0.05) is 37.3 Å². The fraction of sp³-hybridized carbons (Fsp3) is 0.533. The highest BCUT2D eigenvalue weighted by atomic mass is 35.5. The first-order valence-electron chi connectivity index (χ1n) is 7.61. The van der Waals surface area contributed by atoms with Crippen molar-refractivity contribution < 1.29 is 13.2 Å². The molecule has 0 bridgehead atoms. The number of nitrogens with zero attached hydrogens (tertiary/aromatic N) is 1. The molecule has 8 heteroatoms. The lowest BCUT2D eigenvalue weighted by Crippen LogP contribution is -2.52. The van der Waals surface area contributed by atoms with Crippen LogP contribution in [0.3, 0.4) is 0 Å². The van der Waals surface area contributed by atoms with Gasteiger partial charge in [-0.2, -0.15) is 0 Å². The number of sulfonamides is 1. The molecular weight excluding hydrogens is 338 g/mol. The lowest BCUT2D eigenvalue weighted by atomic mass is 10.1. The molecule has 0 radical (unpaired) electrons. The first kappa shape index (κ1) is 18.2. The third kappa shape index (κ3) is 4.23. The van der Waals surface area contributed by atoms with E-state index in [1.54, 1.807) is 12.1 Å². The van der Waals surface area contributed by atoms with Gasteiger partial charge in [-0.15, -0.1) is 12.4 Å². The summed E-state index contributed by atoms with van der Waals surface area (Å²) in [6, 6.07) is 6.42. The number of halogens is 1. The number of carbonyl (C=O) groups is 1. The SMILES string of the molecule is C[C@H]1CNCCN1C(=O)c1ccc(S(=O)(=O)NC2CC2)cc1.Cl. The molecule has 2 N–H and O–H groups in total. The van der Waals surface area contributed by atoms with Gasteiger partial charge < -0.3 is 10.2 Å². The molecule has 2 fully saturated rings. The van der Waals surface area contributed by atoms with Gasteiger partial charge in [-0.05, 0) is 44.0 Å². The van der Waals surface area contributed by atoms with E-state index in [1.807, 2.05) is 11.8 Å². The zero-order chi connectivity index (χ0) is 15.7. The van der Waals surface area contributed by atoms with Crippen molar-refractivity contribution in [2.24, 2.45) is 0 Å². The number of rotatable bonds is 4. The second-order valence-corrected chi connectivity index (χ2v) is 7.69. The molecule has 23 heavy (non-hydrogen) atoms. The average molecular weight is 360 g/mol. The van der Waals surface area contributed by atoms with E-state index in [9.17, 15) is 13.2 Å². The number of piperazine rings is 1. The molecule has 128 valence electrons. The highest BCUT2D eigenvalue weighted by Crippen LogP contribution is 2.22. The summed E-state index contributed by atoms with van der Waals surface area (Å²) in [6.45, 7) is 4.24. The monoisotopic (exact) mass is 359 g/mol. The third-order valence-electron chi connectivity index (χ3n) is 4.07. The minimum atomic E-state index is -3.46. The Balaban J connectivity index is 0.00000192. The van der Waals surface area contributed by atoms with Crippen molar-refractivity contribution >= 4 is 28.3 Å². The molecule has 1 saturated carbocycles. The molecular formula is C15H22ClN3O3S. The standard InChI is InChI=1S/C15H21N3O3S.ClH/c1-11-10-16-8-9-18(11)15(19)12-2-6-14(7-3-12)22(20,21)17-13-4-5-13;/h2-3,6-7,11,13,16-17H,4-5,8-10H2,1H3;1H/t11-;/m0./s1. The van der Waals surface area contributed by atoms with Gasteiger partial charge in [0.05, 0.1) is 4.90 Å². The largest absolute Gasteiger partial charge is 0.333 e. The summed E-state index contributed by atoms with van der Waals surface area (Å²) >= 11 is 0. The number of hydrogen-bond acceptors (Lipinski definition) is 4. The van der Waals surface area contributed by atoms with Gasteiger partial charge >= 0.3 is 0 Å². The van der Waals surface area contributed by atoms with Crippen LogP contribution in [0.5, 0.6) is 0 Å². The van der Waals surface area contributed by atoms with Gasteiger partial charge in [-0.1, -0.05) is 0 Å². The van der Waals surface area contributed by atoms with Crippen LogP contribution in [-0.4, -0.2) is 50.9 Å². The zero-order valence-electron chi connectivity index (χ0n) is 13.0. The number of amides is 1. The van der Waals surface area contributed by atoms with Crippen molar-refractivity contribution in [1.82, 2.24) is 14.9 Å². The van der Waals surface area contributed by atoms with E-state index in [1.165, 1.54) is 12.1 Å². The molecule has 0 unspecified atom stereocenters. The summed E-state index contributed by atoms with van der Waals surface area (Å²) in [5.41, 5.74) is 0.527. The molecule has 1 saturated heterocycles. The summed E-state index contributed by atoms with van der Waals surface area (Å²) in [5, 5.41) is 3.24. The fourth-order valence-electron chi connectivity index (χ4n) is 2.57. The Kier molecular flexibility index (Phi) is 5.67. The second kappa shape index (κ2) is 7.17. The van der Waals surface area contributed by atoms with Gasteiger partial charge in [0.1, 0.15) is 0 Å². The van der Waals surface area contributed by atoms with Gasteiger partial charge in [0.25, 0.3) is 5.91 Å².